The highest BCUT2D eigenvalue weighted by molar-refractivity contribution is 5.32. The fourth-order valence-electron chi connectivity index (χ4n) is 4.03. The van der Waals surface area contributed by atoms with Crippen LogP contribution in [0.15, 0.2) is 34.4 Å². The average Bonchev–Trinajstić information content (AvgIpc) is 3.09. The number of hydrogen-bond acceptors (Lipinski definition) is 0. The maximum absolute atomic E-state index is 2.41. The van der Waals surface area contributed by atoms with Crippen LogP contribution in [0.1, 0.15) is 58.8 Å². The third-order valence-electron chi connectivity index (χ3n) is 5.11. The van der Waals surface area contributed by atoms with Crippen LogP contribution in [-0.2, 0) is 0 Å². The van der Waals surface area contributed by atoms with Crippen molar-refractivity contribution in [1.29, 1.82) is 0 Å². The predicted molar refractivity (Wildman–Crippen MR) is 73.8 cm³/mol. The number of rotatable bonds is 0. The topological polar surface area (TPSA) is 0 Å². The van der Waals surface area contributed by atoms with Crippen molar-refractivity contribution in [3.8, 4) is 0 Å². The Kier molecular flexibility index (Phi) is 2.98. The molecule has 0 N–H and O–H groups in total. The van der Waals surface area contributed by atoms with E-state index in [1.807, 2.05) is 0 Å². The van der Waals surface area contributed by atoms with E-state index in [1.165, 1.54) is 44.9 Å². The van der Waals surface area contributed by atoms with Gasteiger partial charge in [-0.15, -0.1) is 0 Å². The van der Waals surface area contributed by atoms with Crippen LogP contribution in [0.25, 0.3) is 0 Å². The summed E-state index contributed by atoms with van der Waals surface area (Å²) in [5.74, 6) is 2.00. The standard InChI is InChI=1S/C9H12.C8H12/c1-2-8-5-7-3-4-9(8)6-7;1-6-4-7-2-3-8(6)5-7/h2-3,9H,4-6H2,1H3;7H,2-5H2,1H3/b8-2-;. The molecule has 92 valence electrons. The second kappa shape index (κ2) is 4.48. The summed E-state index contributed by atoms with van der Waals surface area (Å²) < 4.78 is 0. The Morgan fingerprint density at radius 3 is 2.41 bits per heavy atom. The van der Waals surface area contributed by atoms with E-state index >= 15 is 0 Å². The monoisotopic (exact) mass is 228 g/mol. The fraction of sp³-hybridized carbons (Fsp3) is 0.647. The Hall–Kier alpha value is -0.780. The molecular formula is C17H24. The van der Waals surface area contributed by atoms with Crippen molar-refractivity contribution in [3.63, 3.8) is 0 Å². The maximum Gasteiger partial charge on any atom is -0.0105 e. The molecule has 0 aliphatic heterocycles. The molecule has 0 aromatic rings. The minimum absolute atomic E-state index is 0.921. The zero-order valence-corrected chi connectivity index (χ0v) is 11.3. The third-order valence-corrected chi connectivity index (χ3v) is 5.11. The molecule has 4 bridgehead atoms. The van der Waals surface area contributed by atoms with Crippen LogP contribution in [0.4, 0.5) is 0 Å². The van der Waals surface area contributed by atoms with E-state index in [2.05, 4.69) is 26.0 Å². The molecular weight excluding hydrogens is 204 g/mol. The SMILES string of the molecule is C/C=C1/CC2=CCC1C2.CC1=C2CCC(C1)C2. The Morgan fingerprint density at radius 2 is 2.12 bits per heavy atom. The van der Waals surface area contributed by atoms with Crippen molar-refractivity contribution < 1.29 is 0 Å². The highest BCUT2D eigenvalue weighted by Gasteiger charge is 2.28. The number of allylic oxidation sites excluding steroid dienone is 6. The van der Waals surface area contributed by atoms with E-state index < -0.39 is 0 Å². The molecule has 0 spiro atoms. The van der Waals surface area contributed by atoms with E-state index in [1.54, 1.807) is 22.3 Å². The Morgan fingerprint density at radius 1 is 1.24 bits per heavy atom. The van der Waals surface area contributed by atoms with Crippen LogP contribution in [0.2, 0.25) is 0 Å². The van der Waals surface area contributed by atoms with Crippen LogP contribution in [0.3, 0.4) is 0 Å². The van der Waals surface area contributed by atoms with Crippen molar-refractivity contribution in [2.24, 2.45) is 11.8 Å². The van der Waals surface area contributed by atoms with Crippen molar-refractivity contribution in [3.05, 3.63) is 34.4 Å². The van der Waals surface area contributed by atoms with Gasteiger partial charge in [0.2, 0.25) is 0 Å². The van der Waals surface area contributed by atoms with E-state index in [0.29, 0.717) is 0 Å². The lowest BCUT2D eigenvalue weighted by molar-refractivity contribution is 0.563. The fourth-order valence-corrected chi connectivity index (χ4v) is 4.03. The van der Waals surface area contributed by atoms with Crippen LogP contribution in [-0.4, -0.2) is 0 Å². The van der Waals surface area contributed by atoms with Crippen LogP contribution >= 0.6 is 0 Å². The highest BCUT2D eigenvalue weighted by Crippen LogP contribution is 2.44. The average molecular weight is 228 g/mol. The zero-order valence-electron chi connectivity index (χ0n) is 11.3. The molecule has 0 saturated heterocycles. The first-order valence-corrected chi connectivity index (χ1v) is 7.26. The molecule has 2 saturated carbocycles. The summed E-state index contributed by atoms with van der Waals surface area (Å²) in [5, 5.41) is 0. The molecule has 0 nitrogen and oxygen atoms in total. The van der Waals surface area contributed by atoms with Crippen LogP contribution < -0.4 is 0 Å². The van der Waals surface area contributed by atoms with Gasteiger partial charge in [-0.3, -0.25) is 0 Å². The quantitative estimate of drug-likeness (QED) is 0.501. The Balaban J connectivity index is 0.000000107. The Labute approximate surface area is 105 Å². The molecule has 2 unspecified atom stereocenters. The Bertz CT molecular complexity index is 404. The number of hydrogen-bond donors (Lipinski definition) is 0. The molecule has 2 fully saturated rings. The molecule has 4 aliphatic carbocycles. The van der Waals surface area contributed by atoms with Gasteiger partial charge < -0.3 is 0 Å². The normalized spacial score (nSPS) is 35.4. The molecule has 4 aliphatic rings. The molecule has 0 aromatic heterocycles. The third kappa shape index (κ3) is 2.14. The molecule has 0 heteroatoms. The van der Waals surface area contributed by atoms with E-state index in [-0.39, 0.29) is 0 Å². The molecule has 0 amide bonds. The summed E-state index contributed by atoms with van der Waals surface area (Å²) in [6.45, 7) is 4.46. The van der Waals surface area contributed by atoms with Gasteiger partial charge in [-0.2, -0.15) is 0 Å². The van der Waals surface area contributed by atoms with Crippen molar-refractivity contribution in [1.82, 2.24) is 0 Å². The van der Waals surface area contributed by atoms with Crippen LogP contribution in [0, 0.1) is 11.8 Å². The lowest BCUT2D eigenvalue weighted by Crippen LogP contribution is -1.92. The lowest BCUT2D eigenvalue weighted by atomic mass is 9.99. The summed E-state index contributed by atoms with van der Waals surface area (Å²) in [5.41, 5.74) is 6.87. The largest absolute Gasteiger partial charge is 0.0878 e. The summed E-state index contributed by atoms with van der Waals surface area (Å²) in [7, 11) is 0. The minimum Gasteiger partial charge on any atom is -0.0878 e. The number of fused-ring (bicyclic) bond motifs is 4. The van der Waals surface area contributed by atoms with Gasteiger partial charge in [0.1, 0.15) is 0 Å². The maximum atomic E-state index is 2.41. The zero-order chi connectivity index (χ0) is 11.8. The van der Waals surface area contributed by atoms with E-state index in [4.69, 9.17) is 0 Å². The van der Waals surface area contributed by atoms with Crippen molar-refractivity contribution in [2.75, 3.05) is 0 Å². The molecule has 2 atom stereocenters. The van der Waals surface area contributed by atoms with Gasteiger partial charge in [-0.05, 0) is 70.6 Å². The van der Waals surface area contributed by atoms with Gasteiger partial charge >= 0.3 is 0 Å². The van der Waals surface area contributed by atoms with Gasteiger partial charge in [-0.25, -0.2) is 0 Å². The molecule has 17 heavy (non-hydrogen) atoms. The minimum atomic E-state index is 0.921. The van der Waals surface area contributed by atoms with Gasteiger partial charge in [0.15, 0.2) is 0 Å². The molecule has 0 radical (unpaired) electrons. The second-order valence-electron chi connectivity index (χ2n) is 6.24. The molecule has 0 heterocycles. The summed E-state index contributed by atoms with van der Waals surface area (Å²) in [4.78, 5) is 0. The highest BCUT2D eigenvalue weighted by atomic mass is 14.3. The van der Waals surface area contributed by atoms with Gasteiger partial charge in [0, 0.05) is 0 Å². The van der Waals surface area contributed by atoms with Gasteiger partial charge in [-0.1, -0.05) is 34.4 Å². The molecule has 4 rings (SSSR count). The first-order chi connectivity index (χ1) is 8.26. The first-order valence-electron chi connectivity index (χ1n) is 7.26. The van der Waals surface area contributed by atoms with E-state index in [0.717, 1.165) is 11.8 Å². The molecule has 0 aromatic carbocycles. The van der Waals surface area contributed by atoms with E-state index in [9.17, 15) is 0 Å². The summed E-state index contributed by atoms with van der Waals surface area (Å²) in [6.07, 6.45) is 14.5. The summed E-state index contributed by atoms with van der Waals surface area (Å²) in [6, 6.07) is 0. The lowest BCUT2D eigenvalue weighted by Gasteiger charge is -2.06. The van der Waals surface area contributed by atoms with Crippen LogP contribution in [0.5, 0.6) is 0 Å². The second-order valence-corrected chi connectivity index (χ2v) is 6.24. The first kappa shape index (κ1) is 11.3. The van der Waals surface area contributed by atoms with Crippen molar-refractivity contribution >= 4 is 0 Å². The summed E-state index contributed by atoms with van der Waals surface area (Å²) >= 11 is 0. The van der Waals surface area contributed by atoms with Crippen molar-refractivity contribution in [2.45, 2.75) is 58.8 Å². The smallest absolute Gasteiger partial charge is 0.0105 e. The van der Waals surface area contributed by atoms with Gasteiger partial charge in [0.05, 0.1) is 0 Å². The predicted octanol–water partition coefficient (Wildman–Crippen LogP) is 5.18. The van der Waals surface area contributed by atoms with Gasteiger partial charge in [0.25, 0.3) is 0 Å².